The quantitative estimate of drug-likeness (QED) is 0.638. The number of unbranched alkanes of at least 4 members (excludes halogenated alkanes) is 1. The van der Waals surface area contributed by atoms with Crippen LogP contribution < -0.4 is 9.47 Å². The van der Waals surface area contributed by atoms with Gasteiger partial charge in [-0.1, -0.05) is 25.5 Å². The number of methoxy groups -OCH3 is 1. The molecule has 4 heteroatoms. The summed E-state index contributed by atoms with van der Waals surface area (Å²) < 4.78 is 25.8. The van der Waals surface area contributed by atoms with Gasteiger partial charge in [0.05, 0.1) is 19.4 Å². The monoisotopic (exact) mass is 313 g/mol. The summed E-state index contributed by atoms with van der Waals surface area (Å²) in [6.45, 7) is 2.76. The van der Waals surface area contributed by atoms with Gasteiger partial charge in [-0.05, 0) is 36.8 Å². The third-order valence-corrected chi connectivity index (χ3v) is 3.85. The predicted molar refractivity (Wildman–Crippen MR) is 90.6 cm³/mol. The van der Waals surface area contributed by atoms with Crippen LogP contribution in [0.2, 0.25) is 0 Å². The molecule has 0 aliphatic heterocycles. The van der Waals surface area contributed by atoms with Crippen molar-refractivity contribution < 1.29 is 13.9 Å². The van der Waals surface area contributed by atoms with Gasteiger partial charge in [0.25, 0.3) is 0 Å². The number of rotatable bonds is 6. The molecule has 120 valence electrons. The first-order valence-corrected chi connectivity index (χ1v) is 7.82. The zero-order chi connectivity index (χ0) is 16.2. The third-order valence-electron chi connectivity index (χ3n) is 3.85. The van der Waals surface area contributed by atoms with Crippen molar-refractivity contribution in [1.29, 1.82) is 0 Å². The standard InChI is InChI=1S/C19H20FNO2/c1-3-4-11-23-13-9-10-16-15(12-13)18(20)19(21-16)14-7-5-6-8-17(14)22-2/h5-10,12,21H,3-4,11H2,1-2H3. The SMILES string of the molecule is CCCCOc1ccc2[nH]c(-c3ccccc3OC)c(F)c2c1. The van der Waals surface area contributed by atoms with Gasteiger partial charge in [0.1, 0.15) is 11.5 Å². The highest BCUT2D eigenvalue weighted by Gasteiger charge is 2.16. The van der Waals surface area contributed by atoms with Gasteiger partial charge in [-0.15, -0.1) is 0 Å². The molecule has 0 amide bonds. The summed E-state index contributed by atoms with van der Waals surface area (Å²) in [5.74, 6) is 1.04. The smallest absolute Gasteiger partial charge is 0.156 e. The second-order valence-corrected chi connectivity index (χ2v) is 5.42. The van der Waals surface area contributed by atoms with Crippen molar-refractivity contribution in [3.63, 3.8) is 0 Å². The molecule has 0 atom stereocenters. The van der Waals surface area contributed by atoms with Crippen LogP contribution in [0.4, 0.5) is 4.39 Å². The number of fused-ring (bicyclic) bond motifs is 1. The molecule has 0 saturated carbocycles. The minimum absolute atomic E-state index is 0.287. The van der Waals surface area contributed by atoms with E-state index in [2.05, 4.69) is 11.9 Å². The number of ether oxygens (including phenoxy) is 2. The van der Waals surface area contributed by atoms with Crippen molar-refractivity contribution >= 4 is 10.9 Å². The zero-order valence-electron chi connectivity index (χ0n) is 13.4. The number of nitrogens with one attached hydrogen (secondary N) is 1. The molecule has 0 aliphatic carbocycles. The molecule has 0 unspecified atom stereocenters. The Balaban J connectivity index is 2.01. The first-order valence-electron chi connectivity index (χ1n) is 7.82. The van der Waals surface area contributed by atoms with Crippen LogP contribution in [0.25, 0.3) is 22.2 Å². The maximum atomic E-state index is 14.9. The van der Waals surface area contributed by atoms with Gasteiger partial charge < -0.3 is 14.5 Å². The highest BCUT2D eigenvalue weighted by atomic mass is 19.1. The highest BCUT2D eigenvalue weighted by molar-refractivity contribution is 5.89. The number of hydrogen-bond donors (Lipinski definition) is 1. The van der Waals surface area contributed by atoms with Crippen molar-refractivity contribution in [2.45, 2.75) is 19.8 Å². The van der Waals surface area contributed by atoms with Crippen molar-refractivity contribution in [3.05, 3.63) is 48.3 Å². The Kier molecular flexibility index (Phi) is 4.51. The van der Waals surface area contributed by atoms with E-state index in [1.165, 1.54) is 0 Å². The van der Waals surface area contributed by atoms with E-state index in [0.29, 0.717) is 34.7 Å². The van der Waals surface area contributed by atoms with Crippen LogP contribution in [-0.4, -0.2) is 18.7 Å². The van der Waals surface area contributed by atoms with Crippen LogP contribution in [0.5, 0.6) is 11.5 Å². The zero-order valence-corrected chi connectivity index (χ0v) is 13.4. The Labute approximate surface area is 135 Å². The van der Waals surface area contributed by atoms with E-state index in [1.54, 1.807) is 13.2 Å². The van der Waals surface area contributed by atoms with Crippen LogP contribution in [0.1, 0.15) is 19.8 Å². The molecule has 3 nitrogen and oxygen atoms in total. The van der Waals surface area contributed by atoms with Crippen LogP contribution in [-0.2, 0) is 0 Å². The van der Waals surface area contributed by atoms with Crippen LogP contribution >= 0.6 is 0 Å². The fraction of sp³-hybridized carbons (Fsp3) is 0.263. The van der Waals surface area contributed by atoms with E-state index in [4.69, 9.17) is 9.47 Å². The summed E-state index contributed by atoms with van der Waals surface area (Å²) >= 11 is 0. The number of para-hydroxylation sites is 1. The summed E-state index contributed by atoms with van der Waals surface area (Å²) in [5.41, 5.74) is 1.88. The Morgan fingerprint density at radius 2 is 1.96 bits per heavy atom. The van der Waals surface area contributed by atoms with Crippen molar-refractivity contribution in [3.8, 4) is 22.8 Å². The van der Waals surface area contributed by atoms with Gasteiger partial charge in [-0.3, -0.25) is 0 Å². The highest BCUT2D eigenvalue weighted by Crippen LogP contribution is 2.35. The average molecular weight is 313 g/mol. The molecule has 3 rings (SSSR count). The van der Waals surface area contributed by atoms with E-state index in [-0.39, 0.29) is 5.82 Å². The summed E-state index contributed by atoms with van der Waals surface area (Å²) in [5, 5.41) is 0.528. The van der Waals surface area contributed by atoms with E-state index in [1.807, 2.05) is 36.4 Å². The van der Waals surface area contributed by atoms with Gasteiger partial charge in [-0.25, -0.2) is 4.39 Å². The predicted octanol–water partition coefficient (Wildman–Crippen LogP) is 5.16. The Morgan fingerprint density at radius 3 is 2.74 bits per heavy atom. The molecule has 0 aliphatic rings. The minimum Gasteiger partial charge on any atom is -0.496 e. The summed E-state index contributed by atoms with van der Waals surface area (Å²) in [6, 6.07) is 12.8. The summed E-state index contributed by atoms with van der Waals surface area (Å²) in [7, 11) is 1.58. The topological polar surface area (TPSA) is 34.2 Å². The van der Waals surface area contributed by atoms with Crippen molar-refractivity contribution in [1.82, 2.24) is 4.98 Å². The molecule has 1 aromatic heterocycles. The maximum Gasteiger partial charge on any atom is 0.156 e. The van der Waals surface area contributed by atoms with E-state index in [9.17, 15) is 4.39 Å². The van der Waals surface area contributed by atoms with Crippen LogP contribution in [0, 0.1) is 5.82 Å². The van der Waals surface area contributed by atoms with Gasteiger partial charge >= 0.3 is 0 Å². The fourth-order valence-corrected chi connectivity index (χ4v) is 2.60. The molecule has 0 saturated heterocycles. The molecule has 0 spiro atoms. The second-order valence-electron chi connectivity index (χ2n) is 5.42. The van der Waals surface area contributed by atoms with Crippen LogP contribution in [0.15, 0.2) is 42.5 Å². The molecule has 3 aromatic rings. The lowest BCUT2D eigenvalue weighted by molar-refractivity contribution is 0.310. The minimum atomic E-state index is -0.287. The number of H-pyrrole nitrogens is 1. The summed E-state index contributed by atoms with van der Waals surface area (Å²) in [4.78, 5) is 3.14. The van der Waals surface area contributed by atoms with Gasteiger partial charge in [0.2, 0.25) is 0 Å². The molecule has 1 N–H and O–H groups in total. The summed E-state index contributed by atoms with van der Waals surface area (Å²) in [6.07, 6.45) is 2.05. The van der Waals surface area contributed by atoms with Gasteiger partial charge in [0.15, 0.2) is 5.82 Å². The lowest BCUT2D eigenvalue weighted by atomic mass is 10.1. The number of hydrogen-bond acceptors (Lipinski definition) is 2. The molecule has 1 heterocycles. The first-order chi connectivity index (χ1) is 11.2. The molecule has 0 bridgehead atoms. The molecule has 0 radical (unpaired) electrons. The second kappa shape index (κ2) is 6.73. The van der Waals surface area contributed by atoms with Gasteiger partial charge in [0, 0.05) is 16.5 Å². The lowest BCUT2D eigenvalue weighted by Crippen LogP contribution is -1.95. The molecular formula is C19H20FNO2. The van der Waals surface area contributed by atoms with Crippen molar-refractivity contribution in [2.24, 2.45) is 0 Å². The number of benzene rings is 2. The molecule has 0 fully saturated rings. The lowest BCUT2D eigenvalue weighted by Gasteiger charge is -2.06. The Bertz CT molecular complexity index is 810. The molecular weight excluding hydrogens is 293 g/mol. The van der Waals surface area contributed by atoms with E-state index < -0.39 is 0 Å². The normalized spacial score (nSPS) is 10.9. The molecule has 23 heavy (non-hydrogen) atoms. The largest absolute Gasteiger partial charge is 0.496 e. The number of aromatic amines is 1. The van der Waals surface area contributed by atoms with E-state index in [0.717, 1.165) is 18.4 Å². The third kappa shape index (κ3) is 3.02. The van der Waals surface area contributed by atoms with Gasteiger partial charge in [-0.2, -0.15) is 0 Å². The number of halogens is 1. The van der Waals surface area contributed by atoms with Crippen molar-refractivity contribution in [2.75, 3.05) is 13.7 Å². The Hall–Kier alpha value is -2.49. The van der Waals surface area contributed by atoms with E-state index >= 15 is 0 Å². The Morgan fingerprint density at radius 1 is 1.13 bits per heavy atom. The molecule has 2 aromatic carbocycles. The maximum absolute atomic E-state index is 14.9. The average Bonchev–Trinajstić information content (AvgIpc) is 2.91. The first kappa shape index (κ1) is 15.4. The fourth-order valence-electron chi connectivity index (χ4n) is 2.60. The number of aromatic nitrogens is 1. The van der Waals surface area contributed by atoms with Crippen LogP contribution in [0.3, 0.4) is 0 Å².